The van der Waals surface area contributed by atoms with Gasteiger partial charge in [0.05, 0.1) is 6.61 Å². The summed E-state index contributed by atoms with van der Waals surface area (Å²) in [6, 6.07) is 0. The van der Waals surface area contributed by atoms with Crippen LogP contribution in [0.3, 0.4) is 0 Å². The van der Waals surface area contributed by atoms with Crippen LogP contribution in [0.15, 0.2) is 11.5 Å². The SMILES string of the molecule is Cl.O=C1O[C@@H]([C@H](O)CO)C(O)=C1O. The lowest BCUT2D eigenvalue weighted by molar-refractivity contribution is -0.147. The molecule has 0 radical (unpaired) electrons. The van der Waals surface area contributed by atoms with Crippen LogP contribution in [0.5, 0.6) is 0 Å². The molecule has 0 saturated heterocycles. The molecule has 4 N–H and O–H groups in total. The number of aliphatic hydroxyl groups is 4. The Kier molecular flexibility index (Phi) is 3.99. The fraction of sp³-hybridized carbons (Fsp3) is 0.500. The van der Waals surface area contributed by atoms with Crippen molar-refractivity contribution >= 4 is 18.4 Å². The lowest BCUT2D eigenvalue weighted by Gasteiger charge is -2.13. The monoisotopic (exact) mass is 212 g/mol. The zero-order chi connectivity index (χ0) is 9.30. The second-order valence-corrected chi connectivity index (χ2v) is 2.31. The van der Waals surface area contributed by atoms with Gasteiger partial charge >= 0.3 is 5.97 Å². The average molecular weight is 213 g/mol. The standard InChI is InChI=1S/C6H8O6.ClH/c7-1-2(8)5-3(9)4(10)6(11)12-5;/h2,5,7-10H,1H2;1H/t2-,5+;/m1./s1. The van der Waals surface area contributed by atoms with Crippen LogP contribution in [0.25, 0.3) is 0 Å². The van der Waals surface area contributed by atoms with Gasteiger partial charge in [-0.15, -0.1) is 12.4 Å². The molecule has 6 nitrogen and oxygen atoms in total. The molecule has 0 aliphatic carbocycles. The first-order valence-corrected chi connectivity index (χ1v) is 3.20. The summed E-state index contributed by atoms with van der Waals surface area (Å²) in [6.45, 7) is -0.671. The van der Waals surface area contributed by atoms with Gasteiger partial charge in [-0.1, -0.05) is 0 Å². The smallest absolute Gasteiger partial charge is 0.377 e. The summed E-state index contributed by atoms with van der Waals surface area (Å²) in [4.78, 5) is 10.5. The van der Waals surface area contributed by atoms with E-state index in [2.05, 4.69) is 4.74 Å². The highest BCUT2D eigenvalue weighted by molar-refractivity contribution is 5.89. The molecule has 0 bridgehead atoms. The second kappa shape index (κ2) is 4.31. The van der Waals surface area contributed by atoms with E-state index in [0.29, 0.717) is 0 Å². The molecular formula is C6H9ClO6. The number of cyclic esters (lactones) is 1. The quantitative estimate of drug-likeness (QED) is 0.438. The Labute approximate surface area is 79.5 Å². The van der Waals surface area contributed by atoms with E-state index in [1.54, 1.807) is 0 Å². The van der Waals surface area contributed by atoms with Crippen LogP contribution in [0.1, 0.15) is 0 Å². The van der Waals surface area contributed by atoms with E-state index in [9.17, 15) is 4.79 Å². The molecular weight excluding hydrogens is 204 g/mol. The first-order chi connectivity index (χ1) is 5.57. The van der Waals surface area contributed by atoms with Crippen molar-refractivity contribution in [3.8, 4) is 0 Å². The number of ether oxygens (including phenoxy) is 1. The van der Waals surface area contributed by atoms with Crippen LogP contribution in [-0.2, 0) is 9.53 Å². The minimum Gasteiger partial charge on any atom is -0.505 e. The molecule has 0 amide bonds. The molecule has 0 unspecified atom stereocenters. The average Bonchev–Trinajstić information content (AvgIpc) is 2.32. The highest BCUT2D eigenvalue weighted by Gasteiger charge is 2.38. The molecule has 1 aliphatic heterocycles. The molecule has 1 aliphatic rings. The summed E-state index contributed by atoms with van der Waals surface area (Å²) < 4.78 is 4.32. The van der Waals surface area contributed by atoms with Gasteiger partial charge in [0.1, 0.15) is 6.10 Å². The number of halogens is 1. The molecule has 0 aromatic carbocycles. The number of hydrogen-bond donors (Lipinski definition) is 4. The minimum absolute atomic E-state index is 0. The number of carbonyl (C=O) groups excluding carboxylic acids is 1. The maximum absolute atomic E-state index is 10.5. The number of esters is 1. The van der Waals surface area contributed by atoms with Crippen LogP contribution in [0.4, 0.5) is 0 Å². The normalized spacial score (nSPS) is 23.8. The molecule has 0 fully saturated rings. The maximum Gasteiger partial charge on any atom is 0.377 e. The molecule has 0 aromatic rings. The van der Waals surface area contributed by atoms with Gasteiger partial charge in [0.15, 0.2) is 11.9 Å². The summed E-state index contributed by atoms with van der Waals surface area (Å²) in [5.74, 6) is -2.78. The summed E-state index contributed by atoms with van der Waals surface area (Å²) in [5.41, 5.74) is 0. The number of rotatable bonds is 2. The zero-order valence-corrected chi connectivity index (χ0v) is 7.19. The van der Waals surface area contributed by atoms with Crippen molar-refractivity contribution in [2.24, 2.45) is 0 Å². The molecule has 1 rings (SSSR count). The third-order valence-electron chi connectivity index (χ3n) is 1.48. The van der Waals surface area contributed by atoms with Gasteiger partial charge in [-0.3, -0.25) is 0 Å². The lowest BCUT2D eigenvalue weighted by atomic mass is 10.2. The largest absolute Gasteiger partial charge is 0.505 e. The highest BCUT2D eigenvalue weighted by atomic mass is 35.5. The highest BCUT2D eigenvalue weighted by Crippen LogP contribution is 2.20. The lowest BCUT2D eigenvalue weighted by Crippen LogP contribution is -2.31. The van der Waals surface area contributed by atoms with E-state index < -0.39 is 36.3 Å². The molecule has 7 heteroatoms. The van der Waals surface area contributed by atoms with Crippen LogP contribution < -0.4 is 0 Å². The zero-order valence-electron chi connectivity index (χ0n) is 6.38. The van der Waals surface area contributed by atoms with Crippen molar-refractivity contribution in [2.45, 2.75) is 12.2 Å². The van der Waals surface area contributed by atoms with Crippen LogP contribution >= 0.6 is 12.4 Å². The van der Waals surface area contributed by atoms with Gasteiger partial charge < -0.3 is 25.2 Å². The van der Waals surface area contributed by atoms with E-state index in [4.69, 9.17) is 20.4 Å². The molecule has 0 spiro atoms. The van der Waals surface area contributed by atoms with Crippen molar-refractivity contribution in [3.63, 3.8) is 0 Å². The van der Waals surface area contributed by atoms with Crippen LogP contribution in [-0.4, -0.2) is 45.2 Å². The van der Waals surface area contributed by atoms with E-state index >= 15 is 0 Å². The van der Waals surface area contributed by atoms with Gasteiger partial charge in [0.25, 0.3) is 0 Å². The Bertz CT molecular complexity index is 237. The first-order valence-electron chi connectivity index (χ1n) is 3.20. The number of carbonyl (C=O) groups is 1. The summed E-state index contributed by atoms with van der Waals surface area (Å²) in [5, 5.41) is 35.0. The topological polar surface area (TPSA) is 107 Å². The van der Waals surface area contributed by atoms with E-state index in [-0.39, 0.29) is 12.4 Å². The Morgan fingerprint density at radius 2 is 2.00 bits per heavy atom. The van der Waals surface area contributed by atoms with Gasteiger partial charge in [-0.25, -0.2) is 4.79 Å². The predicted octanol–water partition coefficient (Wildman–Crippen LogP) is -0.986. The third-order valence-corrected chi connectivity index (χ3v) is 1.48. The van der Waals surface area contributed by atoms with Gasteiger partial charge in [0, 0.05) is 0 Å². The molecule has 76 valence electrons. The Balaban J connectivity index is 0.00000144. The molecule has 2 atom stereocenters. The van der Waals surface area contributed by atoms with E-state index in [0.717, 1.165) is 0 Å². The first kappa shape index (κ1) is 12.0. The Morgan fingerprint density at radius 1 is 1.46 bits per heavy atom. The van der Waals surface area contributed by atoms with Crippen LogP contribution in [0, 0.1) is 0 Å². The molecule has 13 heavy (non-hydrogen) atoms. The molecule has 0 aromatic heterocycles. The third kappa shape index (κ3) is 2.03. The van der Waals surface area contributed by atoms with Crippen molar-refractivity contribution in [1.29, 1.82) is 0 Å². The minimum atomic E-state index is -1.42. The fourth-order valence-electron chi connectivity index (χ4n) is 0.823. The van der Waals surface area contributed by atoms with E-state index in [1.165, 1.54) is 0 Å². The summed E-state index contributed by atoms with van der Waals surface area (Å²) >= 11 is 0. The van der Waals surface area contributed by atoms with E-state index in [1.807, 2.05) is 0 Å². The Hall–Kier alpha value is -0.980. The fourth-order valence-corrected chi connectivity index (χ4v) is 0.823. The molecule has 1 heterocycles. The predicted molar refractivity (Wildman–Crippen MR) is 42.5 cm³/mol. The summed E-state index contributed by atoms with van der Waals surface area (Å²) in [6.07, 6.45) is -2.78. The molecule has 0 saturated carbocycles. The maximum atomic E-state index is 10.5. The number of hydrogen-bond acceptors (Lipinski definition) is 6. The number of aliphatic hydroxyl groups excluding tert-OH is 4. The van der Waals surface area contributed by atoms with Crippen molar-refractivity contribution < 1.29 is 30.0 Å². The van der Waals surface area contributed by atoms with Gasteiger partial charge in [-0.2, -0.15) is 0 Å². The van der Waals surface area contributed by atoms with Crippen LogP contribution in [0.2, 0.25) is 0 Å². The second-order valence-electron chi connectivity index (χ2n) is 2.31. The Morgan fingerprint density at radius 3 is 2.31 bits per heavy atom. The van der Waals surface area contributed by atoms with Crippen molar-refractivity contribution in [3.05, 3.63) is 11.5 Å². The van der Waals surface area contributed by atoms with Crippen molar-refractivity contribution in [1.82, 2.24) is 0 Å². The van der Waals surface area contributed by atoms with Crippen molar-refractivity contribution in [2.75, 3.05) is 6.61 Å². The van der Waals surface area contributed by atoms with Gasteiger partial charge in [0.2, 0.25) is 5.76 Å². The summed E-state index contributed by atoms with van der Waals surface area (Å²) in [7, 11) is 0. The van der Waals surface area contributed by atoms with Gasteiger partial charge in [-0.05, 0) is 0 Å².